The summed E-state index contributed by atoms with van der Waals surface area (Å²) in [6.07, 6.45) is 1.55. The number of benzene rings is 1. The number of hydrogen-bond donors (Lipinski definition) is 1. The molecule has 7 nitrogen and oxygen atoms in total. The lowest BCUT2D eigenvalue weighted by Gasteiger charge is -2.20. The van der Waals surface area contributed by atoms with E-state index < -0.39 is 23.3 Å². The van der Waals surface area contributed by atoms with Gasteiger partial charge in [0.2, 0.25) is 5.89 Å². The number of oxazole rings is 1. The maximum absolute atomic E-state index is 13.2. The van der Waals surface area contributed by atoms with Crippen LogP contribution in [0.3, 0.4) is 0 Å². The quantitative estimate of drug-likeness (QED) is 0.739. The summed E-state index contributed by atoms with van der Waals surface area (Å²) in [5.41, 5.74) is -0.0998. The zero-order valence-corrected chi connectivity index (χ0v) is 13.2. The number of halogens is 1. The van der Waals surface area contributed by atoms with E-state index in [4.69, 9.17) is 4.42 Å². The molecular weight excluding hydrogens is 327 g/mol. The standard InChI is InChI=1S/C17H13FN4O3/c1-17(13-4-2-3-7-19-13)15(23)22(16(24)21-17)9-14-20-11-8-10(18)5-6-12(11)25-14/h2-8H,9H2,1H3,(H,21,24)/t17-/m0/s1. The summed E-state index contributed by atoms with van der Waals surface area (Å²) in [7, 11) is 0. The molecule has 2 aromatic heterocycles. The van der Waals surface area contributed by atoms with Gasteiger partial charge in [0.1, 0.15) is 17.9 Å². The van der Waals surface area contributed by atoms with Crippen LogP contribution in [0.1, 0.15) is 18.5 Å². The summed E-state index contributed by atoms with van der Waals surface area (Å²) < 4.78 is 18.7. The number of imide groups is 1. The Balaban J connectivity index is 1.64. The fourth-order valence-corrected chi connectivity index (χ4v) is 2.82. The summed E-state index contributed by atoms with van der Waals surface area (Å²) in [6, 6.07) is 8.50. The highest BCUT2D eigenvalue weighted by atomic mass is 19.1. The van der Waals surface area contributed by atoms with Gasteiger partial charge < -0.3 is 9.73 Å². The summed E-state index contributed by atoms with van der Waals surface area (Å²) in [5.74, 6) is -0.746. The first-order valence-corrected chi connectivity index (χ1v) is 7.58. The van der Waals surface area contributed by atoms with Gasteiger partial charge >= 0.3 is 6.03 Å². The van der Waals surface area contributed by atoms with Crippen molar-refractivity contribution >= 4 is 23.0 Å². The van der Waals surface area contributed by atoms with E-state index in [-0.39, 0.29) is 12.4 Å². The highest BCUT2D eigenvalue weighted by Gasteiger charge is 2.50. The zero-order chi connectivity index (χ0) is 17.6. The number of amides is 3. The Morgan fingerprint density at radius 3 is 2.88 bits per heavy atom. The molecule has 0 spiro atoms. The van der Waals surface area contributed by atoms with E-state index in [0.717, 1.165) is 4.90 Å². The van der Waals surface area contributed by atoms with Crippen molar-refractivity contribution in [3.8, 4) is 0 Å². The van der Waals surface area contributed by atoms with Gasteiger partial charge in [0.15, 0.2) is 11.1 Å². The first-order chi connectivity index (χ1) is 12.0. The monoisotopic (exact) mass is 340 g/mol. The Kier molecular flexibility index (Phi) is 3.28. The molecule has 1 atom stereocenters. The molecule has 8 heteroatoms. The van der Waals surface area contributed by atoms with Gasteiger partial charge in [-0.25, -0.2) is 14.2 Å². The number of carbonyl (C=O) groups excluding carboxylic acids is 2. The third kappa shape index (κ3) is 2.42. The molecular formula is C17H13FN4O3. The van der Waals surface area contributed by atoms with Crippen LogP contribution in [0.4, 0.5) is 9.18 Å². The van der Waals surface area contributed by atoms with Gasteiger partial charge in [-0.15, -0.1) is 0 Å². The molecule has 4 rings (SSSR count). The molecule has 1 aliphatic heterocycles. The lowest BCUT2D eigenvalue weighted by molar-refractivity contribution is -0.131. The smallest absolute Gasteiger partial charge is 0.325 e. The summed E-state index contributed by atoms with van der Waals surface area (Å²) >= 11 is 0. The average molecular weight is 340 g/mol. The number of carbonyl (C=O) groups is 2. The second kappa shape index (κ2) is 5.37. The number of rotatable bonds is 3. The van der Waals surface area contributed by atoms with Gasteiger partial charge in [-0.1, -0.05) is 6.07 Å². The lowest BCUT2D eigenvalue weighted by atomic mass is 9.97. The highest BCUT2D eigenvalue weighted by Crippen LogP contribution is 2.28. The first kappa shape index (κ1) is 15.3. The van der Waals surface area contributed by atoms with Crippen molar-refractivity contribution in [3.63, 3.8) is 0 Å². The van der Waals surface area contributed by atoms with Gasteiger partial charge in [-0.3, -0.25) is 14.7 Å². The van der Waals surface area contributed by atoms with Gasteiger partial charge in [0, 0.05) is 12.3 Å². The topological polar surface area (TPSA) is 88.3 Å². The highest BCUT2D eigenvalue weighted by molar-refractivity contribution is 6.06. The van der Waals surface area contributed by atoms with Gasteiger partial charge in [-0.2, -0.15) is 0 Å². The van der Waals surface area contributed by atoms with Crippen LogP contribution in [-0.4, -0.2) is 26.8 Å². The maximum Gasteiger partial charge on any atom is 0.325 e. The van der Waals surface area contributed by atoms with E-state index in [1.807, 2.05) is 0 Å². The molecule has 1 N–H and O–H groups in total. The third-order valence-corrected chi connectivity index (χ3v) is 4.14. The van der Waals surface area contributed by atoms with Crippen LogP contribution >= 0.6 is 0 Å². The molecule has 1 aromatic carbocycles. The molecule has 0 bridgehead atoms. The van der Waals surface area contributed by atoms with Crippen LogP contribution < -0.4 is 5.32 Å². The van der Waals surface area contributed by atoms with Crippen molar-refractivity contribution in [2.75, 3.05) is 0 Å². The van der Waals surface area contributed by atoms with Crippen LogP contribution in [0.15, 0.2) is 47.0 Å². The number of pyridine rings is 1. The average Bonchev–Trinajstić information content (AvgIpc) is 3.09. The number of aromatic nitrogens is 2. The van der Waals surface area contributed by atoms with E-state index in [0.29, 0.717) is 16.8 Å². The van der Waals surface area contributed by atoms with Crippen LogP contribution in [0.25, 0.3) is 11.1 Å². The minimum Gasteiger partial charge on any atom is -0.439 e. The molecule has 3 heterocycles. The maximum atomic E-state index is 13.2. The van der Waals surface area contributed by atoms with Gasteiger partial charge in [0.25, 0.3) is 5.91 Å². The van der Waals surface area contributed by atoms with Crippen LogP contribution in [0.2, 0.25) is 0 Å². The normalized spacial score (nSPS) is 20.3. The van der Waals surface area contributed by atoms with Crippen LogP contribution in [-0.2, 0) is 16.9 Å². The van der Waals surface area contributed by atoms with E-state index in [2.05, 4.69) is 15.3 Å². The van der Waals surface area contributed by atoms with Crippen molar-refractivity contribution < 1.29 is 18.4 Å². The van der Waals surface area contributed by atoms with Crippen molar-refractivity contribution in [2.24, 2.45) is 0 Å². The Hall–Kier alpha value is -3.29. The van der Waals surface area contributed by atoms with Gasteiger partial charge in [-0.05, 0) is 31.2 Å². The van der Waals surface area contributed by atoms with Crippen molar-refractivity contribution in [2.45, 2.75) is 19.0 Å². The molecule has 3 aromatic rings. The zero-order valence-electron chi connectivity index (χ0n) is 13.2. The van der Waals surface area contributed by atoms with E-state index in [9.17, 15) is 14.0 Å². The van der Waals surface area contributed by atoms with Crippen molar-refractivity contribution in [1.82, 2.24) is 20.2 Å². The Morgan fingerprint density at radius 2 is 2.12 bits per heavy atom. The van der Waals surface area contributed by atoms with Gasteiger partial charge in [0.05, 0.1) is 5.69 Å². The number of fused-ring (bicyclic) bond motifs is 1. The molecule has 1 saturated heterocycles. The number of urea groups is 1. The molecule has 126 valence electrons. The lowest BCUT2D eigenvalue weighted by Crippen LogP contribution is -2.41. The second-order valence-corrected chi connectivity index (χ2v) is 5.88. The number of nitrogens with one attached hydrogen (secondary N) is 1. The van der Waals surface area contributed by atoms with Crippen LogP contribution in [0, 0.1) is 5.82 Å². The van der Waals surface area contributed by atoms with Crippen molar-refractivity contribution in [3.05, 3.63) is 60.0 Å². The third-order valence-electron chi connectivity index (χ3n) is 4.14. The predicted octanol–water partition coefficient (Wildman–Crippen LogP) is 2.33. The van der Waals surface area contributed by atoms with E-state index in [1.54, 1.807) is 31.3 Å². The Morgan fingerprint density at radius 1 is 1.28 bits per heavy atom. The molecule has 3 amide bonds. The SMILES string of the molecule is C[C@@]1(c2ccccn2)NC(=O)N(Cc2nc3cc(F)ccc3o2)C1=O. The summed E-state index contributed by atoms with van der Waals surface area (Å²) in [4.78, 5) is 34.4. The first-order valence-electron chi connectivity index (χ1n) is 7.58. The summed E-state index contributed by atoms with van der Waals surface area (Å²) in [6.45, 7) is 1.44. The largest absolute Gasteiger partial charge is 0.439 e. The molecule has 0 unspecified atom stereocenters. The van der Waals surface area contributed by atoms with Crippen LogP contribution in [0.5, 0.6) is 0 Å². The molecule has 1 fully saturated rings. The molecule has 25 heavy (non-hydrogen) atoms. The summed E-state index contributed by atoms with van der Waals surface area (Å²) in [5, 5.41) is 2.66. The molecule has 0 aliphatic carbocycles. The molecule has 0 radical (unpaired) electrons. The number of hydrogen-bond acceptors (Lipinski definition) is 5. The van der Waals surface area contributed by atoms with E-state index >= 15 is 0 Å². The molecule has 1 aliphatic rings. The van der Waals surface area contributed by atoms with Crippen molar-refractivity contribution in [1.29, 1.82) is 0 Å². The minimum absolute atomic E-state index is 0.148. The predicted molar refractivity (Wildman–Crippen MR) is 84.6 cm³/mol. The van der Waals surface area contributed by atoms with E-state index in [1.165, 1.54) is 18.2 Å². The molecule has 0 saturated carbocycles. The second-order valence-electron chi connectivity index (χ2n) is 5.88. The number of nitrogens with zero attached hydrogens (tertiary/aromatic N) is 3. The fraction of sp³-hybridized carbons (Fsp3) is 0.176. The Labute approximate surface area is 141 Å². The fourth-order valence-electron chi connectivity index (χ4n) is 2.82. The Bertz CT molecular complexity index is 988. The minimum atomic E-state index is -1.25.